The van der Waals surface area contributed by atoms with Gasteiger partial charge in [0.15, 0.2) is 0 Å². The molecule has 1 amide bonds. The zero-order valence-electron chi connectivity index (χ0n) is 14.7. The predicted octanol–water partition coefficient (Wildman–Crippen LogP) is 1.62. The van der Waals surface area contributed by atoms with Crippen LogP contribution in [0.3, 0.4) is 0 Å². The average molecular weight is 349 g/mol. The summed E-state index contributed by atoms with van der Waals surface area (Å²) >= 11 is 0. The standard InChI is InChI=1S/C18H19N7O/c1-11-22-14-9-21-16-13(3-6-20-16)15(14)17(23-11)25-7-4-12(10-25)18(26)24(2)8-5-19/h3,6,9,12H,4,7-8,10H2,1-2H3,(H,20,21). The molecule has 0 spiro atoms. The zero-order valence-corrected chi connectivity index (χ0v) is 14.7. The summed E-state index contributed by atoms with van der Waals surface area (Å²) in [5.74, 6) is 1.41. The SMILES string of the molecule is Cc1nc(N2CCC(C(=O)N(C)CC#N)C2)c2c(cnc3[nH]ccc32)n1. The van der Waals surface area contributed by atoms with Crippen LogP contribution in [0.5, 0.6) is 0 Å². The Labute approximate surface area is 150 Å². The largest absolute Gasteiger partial charge is 0.355 e. The highest BCUT2D eigenvalue weighted by atomic mass is 16.2. The number of carbonyl (C=O) groups excluding carboxylic acids is 1. The van der Waals surface area contributed by atoms with Gasteiger partial charge in [-0.2, -0.15) is 5.26 Å². The van der Waals surface area contributed by atoms with Crippen molar-refractivity contribution in [2.45, 2.75) is 13.3 Å². The molecule has 1 fully saturated rings. The van der Waals surface area contributed by atoms with Crippen molar-refractivity contribution in [1.82, 2.24) is 24.8 Å². The molecule has 0 saturated carbocycles. The number of nitrogens with one attached hydrogen (secondary N) is 1. The molecular formula is C18H19N7O. The minimum Gasteiger partial charge on any atom is -0.355 e. The van der Waals surface area contributed by atoms with Gasteiger partial charge in [0.2, 0.25) is 5.91 Å². The Morgan fingerprint density at radius 1 is 1.50 bits per heavy atom. The quantitative estimate of drug-likeness (QED) is 0.721. The van der Waals surface area contributed by atoms with Gasteiger partial charge in [-0.15, -0.1) is 0 Å². The first kappa shape index (κ1) is 16.3. The number of anilines is 1. The third-order valence-electron chi connectivity index (χ3n) is 4.86. The Morgan fingerprint density at radius 3 is 3.15 bits per heavy atom. The summed E-state index contributed by atoms with van der Waals surface area (Å²) in [4.78, 5) is 32.9. The maximum absolute atomic E-state index is 12.5. The molecule has 26 heavy (non-hydrogen) atoms. The number of pyridine rings is 1. The van der Waals surface area contributed by atoms with Gasteiger partial charge in [-0.25, -0.2) is 15.0 Å². The lowest BCUT2D eigenvalue weighted by atomic mass is 10.1. The lowest BCUT2D eigenvalue weighted by molar-refractivity contribution is -0.132. The number of hydrogen-bond donors (Lipinski definition) is 1. The van der Waals surface area contributed by atoms with Gasteiger partial charge in [0, 0.05) is 31.7 Å². The monoisotopic (exact) mass is 349 g/mol. The van der Waals surface area contributed by atoms with E-state index in [2.05, 4.69) is 24.8 Å². The van der Waals surface area contributed by atoms with Gasteiger partial charge < -0.3 is 14.8 Å². The van der Waals surface area contributed by atoms with Crippen molar-refractivity contribution in [3.05, 3.63) is 24.3 Å². The summed E-state index contributed by atoms with van der Waals surface area (Å²) in [7, 11) is 1.67. The van der Waals surface area contributed by atoms with E-state index in [0.717, 1.165) is 40.7 Å². The Morgan fingerprint density at radius 2 is 2.35 bits per heavy atom. The number of amides is 1. The van der Waals surface area contributed by atoms with Crippen LogP contribution in [0.1, 0.15) is 12.2 Å². The van der Waals surface area contributed by atoms with E-state index in [1.54, 1.807) is 13.2 Å². The van der Waals surface area contributed by atoms with Crippen LogP contribution in [-0.4, -0.2) is 57.4 Å². The van der Waals surface area contributed by atoms with Gasteiger partial charge in [0.25, 0.3) is 0 Å². The van der Waals surface area contributed by atoms with E-state index in [4.69, 9.17) is 5.26 Å². The van der Waals surface area contributed by atoms with E-state index < -0.39 is 0 Å². The summed E-state index contributed by atoms with van der Waals surface area (Å²) in [6, 6.07) is 4.00. The molecule has 1 N–H and O–H groups in total. The number of carbonyl (C=O) groups is 1. The van der Waals surface area contributed by atoms with Gasteiger partial charge in [-0.3, -0.25) is 4.79 Å². The first-order valence-electron chi connectivity index (χ1n) is 8.56. The summed E-state index contributed by atoms with van der Waals surface area (Å²) < 4.78 is 0. The molecule has 3 aromatic rings. The second-order valence-electron chi connectivity index (χ2n) is 6.64. The third-order valence-corrected chi connectivity index (χ3v) is 4.86. The molecule has 0 bridgehead atoms. The number of aromatic nitrogens is 4. The first-order valence-corrected chi connectivity index (χ1v) is 8.56. The van der Waals surface area contributed by atoms with E-state index in [0.29, 0.717) is 12.4 Å². The minimum absolute atomic E-state index is 0.0117. The molecule has 3 aromatic heterocycles. The second-order valence-corrected chi connectivity index (χ2v) is 6.64. The van der Waals surface area contributed by atoms with Crippen LogP contribution < -0.4 is 4.90 Å². The molecule has 132 valence electrons. The van der Waals surface area contributed by atoms with Crippen molar-refractivity contribution in [1.29, 1.82) is 5.26 Å². The van der Waals surface area contributed by atoms with Gasteiger partial charge in [-0.05, 0) is 19.4 Å². The fourth-order valence-corrected chi connectivity index (χ4v) is 3.60. The Hall–Kier alpha value is -3.21. The fraction of sp³-hybridized carbons (Fsp3) is 0.389. The molecule has 8 nitrogen and oxygen atoms in total. The van der Waals surface area contributed by atoms with Gasteiger partial charge in [0.05, 0.1) is 29.1 Å². The molecule has 1 atom stereocenters. The van der Waals surface area contributed by atoms with E-state index in [9.17, 15) is 4.79 Å². The molecule has 1 saturated heterocycles. The molecule has 0 aliphatic carbocycles. The van der Waals surface area contributed by atoms with Crippen molar-refractivity contribution in [2.24, 2.45) is 5.92 Å². The molecule has 0 aromatic carbocycles. The fourth-order valence-electron chi connectivity index (χ4n) is 3.60. The Balaban J connectivity index is 1.72. The highest BCUT2D eigenvalue weighted by molar-refractivity contribution is 6.09. The number of H-pyrrole nitrogens is 1. The molecule has 8 heteroatoms. The molecule has 4 heterocycles. The van der Waals surface area contributed by atoms with E-state index >= 15 is 0 Å². The van der Waals surface area contributed by atoms with E-state index in [1.807, 2.05) is 25.3 Å². The minimum atomic E-state index is -0.123. The second kappa shape index (κ2) is 6.26. The van der Waals surface area contributed by atoms with Crippen LogP contribution in [0.15, 0.2) is 18.5 Å². The third kappa shape index (κ3) is 2.62. The number of hydrogen-bond acceptors (Lipinski definition) is 6. The molecule has 4 rings (SSSR count). The summed E-state index contributed by atoms with van der Waals surface area (Å²) in [6.45, 7) is 3.31. The number of nitriles is 1. The van der Waals surface area contributed by atoms with Crippen LogP contribution in [-0.2, 0) is 4.79 Å². The van der Waals surface area contributed by atoms with Crippen LogP contribution in [0, 0.1) is 24.2 Å². The summed E-state index contributed by atoms with van der Waals surface area (Å²) in [5, 5.41) is 10.7. The van der Waals surface area contributed by atoms with Crippen LogP contribution >= 0.6 is 0 Å². The number of rotatable bonds is 3. The zero-order chi connectivity index (χ0) is 18.3. The maximum atomic E-state index is 12.5. The molecule has 1 aliphatic rings. The van der Waals surface area contributed by atoms with Crippen LogP contribution in [0.2, 0.25) is 0 Å². The number of aromatic amines is 1. The average Bonchev–Trinajstić information content (AvgIpc) is 3.29. The number of aryl methyl sites for hydroxylation is 1. The van der Waals surface area contributed by atoms with Crippen molar-refractivity contribution in [3.63, 3.8) is 0 Å². The van der Waals surface area contributed by atoms with Crippen LogP contribution in [0.4, 0.5) is 5.82 Å². The van der Waals surface area contributed by atoms with Gasteiger partial charge in [-0.1, -0.05) is 0 Å². The normalized spacial score (nSPS) is 17.0. The Kier molecular flexibility index (Phi) is 3.92. The molecule has 1 unspecified atom stereocenters. The topological polar surface area (TPSA) is 102 Å². The first-order chi connectivity index (χ1) is 12.6. The smallest absolute Gasteiger partial charge is 0.228 e. The van der Waals surface area contributed by atoms with Crippen molar-refractivity contribution in [2.75, 3.05) is 31.6 Å². The summed E-state index contributed by atoms with van der Waals surface area (Å²) in [6.07, 6.45) is 4.36. The van der Waals surface area contributed by atoms with Crippen molar-refractivity contribution in [3.8, 4) is 6.07 Å². The van der Waals surface area contributed by atoms with Gasteiger partial charge >= 0.3 is 0 Å². The Bertz CT molecular complexity index is 1040. The summed E-state index contributed by atoms with van der Waals surface area (Å²) in [5.41, 5.74) is 1.60. The van der Waals surface area contributed by atoms with E-state index in [1.165, 1.54) is 4.90 Å². The van der Waals surface area contributed by atoms with Crippen LogP contribution in [0.25, 0.3) is 21.9 Å². The molecular weight excluding hydrogens is 330 g/mol. The molecule has 0 radical (unpaired) electrons. The highest BCUT2D eigenvalue weighted by Crippen LogP contribution is 2.33. The van der Waals surface area contributed by atoms with Crippen molar-refractivity contribution < 1.29 is 4.79 Å². The number of nitrogens with zero attached hydrogens (tertiary/aromatic N) is 6. The lowest BCUT2D eigenvalue weighted by Gasteiger charge is -2.21. The van der Waals surface area contributed by atoms with Crippen molar-refractivity contribution >= 4 is 33.7 Å². The highest BCUT2D eigenvalue weighted by Gasteiger charge is 2.32. The number of fused-ring (bicyclic) bond motifs is 3. The lowest BCUT2D eigenvalue weighted by Crippen LogP contribution is -2.35. The molecule has 1 aliphatic heterocycles. The van der Waals surface area contributed by atoms with Gasteiger partial charge in [0.1, 0.15) is 23.8 Å². The maximum Gasteiger partial charge on any atom is 0.228 e. The van der Waals surface area contributed by atoms with E-state index in [-0.39, 0.29) is 18.4 Å². The predicted molar refractivity (Wildman–Crippen MR) is 97.5 cm³/mol.